The third kappa shape index (κ3) is 4.16. The van der Waals surface area contributed by atoms with Crippen LogP contribution in [0, 0.1) is 0 Å². The van der Waals surface area contributed by atoms with Gasteiger partial charge >= 0.3 is 6.09 Å². The highest BCUT2D eigenvalue weighted by molar-refractivity contribution is 6.60. The van der Waals surface area contributed by atoms with E-state index in [1.807, 2.05) is 57.2 Å². The van der Waals surface area contributed by atoms with E-state index in [1.54, 1.807) is 0 Å². The molecule has 0 fully saturated rings. The lowest BCUT2D eigenvalue weighted by Gasteiger charge is -2.20. The number of amides is 2. The minimum absolute atomic E-state index is 0.185. The first-order valence-corrected chi connectivity index (χ1v) is 9.02. The van der Waals surface area contributed by atoms with Crippen LogP contribution in [-0.4, -0.2) is 25.3 Å². The molecule has 0 saturated carbocycles. The number of anilines is 2. The Labute approximate surface area is 160 Å². The molecule has 0 bridgehead atoms. The van der Waals surface area contributed by atoms with Crippen LogP contribution in [0.25, 0.3) is 11.1 Å². The van der Waals surface area contributed by atoms with Gasteiger partial charge in [0.2, 0.25) is 7.85 Å². The lowest BCUT2D eigenvalue weighted by atomic mass is 9.94. The van der Waals surface area contributed by atoms with Crippen molar-refractivity contribution in [1.82, 2.24) is 0 Å². The molecule has 2 amide bonds. The molecule has 0 saturated heterocycles. The molecule has 0 spiro atoms. The second kappa shape index (κ2) is 7.10. The standard InChI is InChI=1S/C21H23BN2O3/c1-5-14-17-10-12(23-19(22)25)6-8-15(17)16-9-7-13(11-18(14)16)24-20(26)27-21(2,3)4/h6-11,14H,5H2,1-4H3,(H,23,25)(H,24,26). The van der Waals surface area contributed by atoms with E-state index in [2.05, 4.69) is 17.6 Å². The molecule has 1 atom stereocenters. The van der Waals surface area contributed by atoms with Crippen LogP contribution in [-0.2, 0) is 4.74 Å². The van der Waals surface area contributed by atoms with Crippen molar-refractivity contribution in [2.24, 2.45) is 0 Å². The Bertz CT molecular complexity index is 903. The first-order chi connectivity index (χ1) is 12.7. The molecule has 27 heavy (non-hydrogen) atoms. The van der Waals surface area contributed by atoms with Crippen molar-refractivity contribution in [2.45, 2.75) is 45.6 Å². The summed E-state index contributed by atoms with van der Waals surface area (Å²) in [4.78, 5) is 23.2. The van der Waals surface area contributed by atoms with Crippen LogP contribution < -0.4 is 10.6 Å². The minimum atomic E-state index is -0.581. The number of rotatable bonds is 3. The Balaban J connectivity index is 1.90. The van der Waals surface area contributed by atoms with Crippen LogP contribution >= 0.6 is 0 Å². The van der Waals surface area contributed by atoms with E-state index in [4.69, 9.17) is 12.6 Å². The van der Waals surface area contributed by atoms with Gasteiger partial charge in [-0.3, -0.25) is 10.1 Å². The first-order valence-electron chi connectivity index (χ1n) is 9.02. The van der Waals surface area contributed by atoms with Gasteiger partial charge in [-0.1, -0.05) is 19.1 Å². The van der Waals surface area contributed by atoms with Crippen LogP contribution in [0.3, 0.4) is 0 Å². The van der Waals surface area contributed by atoms with Crippen molar-refractivity contribution in [1.29, 1.82) is 0 Å². The Morgan fingerprint density at radius 2 is 1.52 bits per heavy atom. The molecule has 3 rings (SSSR count). The molecule has 2 radical (unpaired) electrons. The normalized spacial score (nSPS) is 14.9. The van der Waals surface area contributed by atoms with Crippen molar-refractivity contribution >= 4 is 31.1 Å². The summed E-state index contributed by atoms with van der Waals surface area (Å²) in [6, 6.07) is 11.7. The molecule has 138 valence electrons. The van der Waals surface area contributed by atoms with Gasteiger partial charge in [0.05, 0.1) is 0 Å². The van der Waals surface area contributed by atoms with Crippen LogP contribution in [0.2, 0.25) is 0 Å². The number of carbonyl (C=O) groups excluding carboxylic acids is 2. The molecule has 1 aliphatic carbocycles. The molecule has 5 nitrogen and oxygen atoms in total. The molecule has 6 heteroatoms. The predicted octanol–water partition coefficient (Wildman–Crippen LogP) is 5.26. The molecule has 2 aromatic rings. The lowest BCUT2D eigenvalue weighted by Crippen LogP contribution is -2.27. The molecule has 0 aliphatic heterocycles. The Kier molecular flexibility index (Phi) is 5.00. The molecule has 2 N–H and O–H groups in total. The molecule has 2 aromatic carbocycles. The summed E-state index contributed by atoms with van der Waals surface area (Å²) in [5.41, 5.74) is 5.40. The van der Waals surface area contributed by atoms with Crippen molar-refractivity contribution < 1.29 is 14.3 Å². The number of hydrogen-bond donors (Lipinski definition) is 2. The van der Waals surface area contributed by atoms with E-state index < -0.39 is 17.5 Å². The van der Waals surface area contributed by atoms with Crippen molar-refractivity contribution in [3.63, 3.8) is 0 Å². The molecule has 1 unspecified atom stereocenters. The van der Waals surface area contributed by atoms with E-state index in [-0.39, 0.29) is 5.92 Å². The number of hydrogen-bond acceptors (Lipinski definition) is 3. The van der Waals surface area contributed by atoms with Gasteiger partial charge in [-0.25, -0.2) is 4.79 Å². The molecule has 0 heterocycles. The first kappa shape index (κ1) is 19.0. The monoisotopic (exact) mass is 362 g/mol. The summed E-state index contributed by atoms with van der Waals surface area (Å²) < 4.78 is 5.33. The predicted molar refractivity (Wildman–Crippen MR) is 109 cm³/mol. The molecule has 1 aliphatic rings. The van der Waals surface area contributed by atoms with Gasteiger partial charge in [0.1, 0.15) is 5.60 Å². The van der Waals surface area contributed by atoms with E-state index in [0.717, 1.165) is 28.7 Å². The fraction of sp³-hybridized carbons (Fsp3) is 0.333. The molecule has 0 aromatic heterocycles. The van der Waals surface area contributed by atoms with Crippen LogP contribution in [0.4, 0.5) is 21.0 Å². The van der Waals surface area contributed by atoms with Gasteiger partial charge in [0.15, 0.2) is 5.81 Å². The van der Waals surface area contributed by atoms with Crippen LogP contribution in [0.5, 0.6) is 0 Å². The number of fused-ring (bicyclic) bond motifs is 3. The second-order valence-electron chi connectivity index (χ2n) is 7.68. The topological polar surface area (TPSA) is 67.4 Å². The van der Waals surface area contributed by atoms with E-state index in [9.17, 15) is 9.59 Å². The summed E-state index contributed by atoms with van der Waals surface area (Å²) in [6.45, 7) is 7.61. The van der Waals surface area contributed by atoms with E-state index in [1.165, 1.54) is 0 Å². The van der Waals surface area contributed by atoms with Gasteiger partial charge in [-0.05, 0) is 73.7 Å². The highest BCUT2D eigenvalue weighted by atomic mass is 16.6. The maximum absolute atomic E-state index is 12.1. The van der Waals surface area contributed by atoms with Crippen molar-refractivity contribution in [3.8, 4) is 11.1 Å². The Morgan fingerprint density at radius 1 is 1.00 bits per heavy atom. The Morgan fingerprint density at radius 3 is 1.96 bits per heavy atom. The maximum atomic E-state index is 12.1. The summed E-state index contributed by atoms with van der Waals surface area (Å²) in [5.74, 6) is -0.396. The summed E-state index contributed by atoms with van der Waals surface area (Å²) in [6.07, 6.45) is 0.426. The van der Waals surface area contributed by atoms with Gasteiger partial charge in [-0.2, -0.15) is 0 Å². The van der Waals surface area contributed by atoms with Gasteiger partial charge in [-0.15, -0.1) is 0 Å². The third-order valence-corrected chi connectivity index (χ3v) is 4.47. The zero-order valence-electron chi connectivity index (χ0n) is 16.1. The molecular formula is C21H23BN2O3. The SMILES string of the molecule is [B]C(=O)Nc1ccc2c(c1)C(CC)c1cc(NC(=O)OC(C)(C)C)ccc1-2. The Hall–Kier alpha value is -2.76. The highest BCUT2D eigenvalue weighted by Gasteiger charge is 2.28. The summed E-state index contributed by atoms with van der Waals surface area (Å²) >= 11 is 0. The quantitative estimate of drug-likeness (QED) is 0.732. The largest absolute Gasteiger partial charge is 0.444 e. The van der Waals surface area contributed by atoms with Crippen molar-refractivity contribution in [3.05, 3.63) is 47.5 Å². The lowest BCUT2D eigenvalue weighted by molar-refractivity contribution is 0.0636. The van der Waals surface area contributed by atoms with Gasteiger partial charge in [0.25, 0.3) is 0 Å². The maximum Gasteiger partial charge on any atom is 0.412 e. The zero-order chi connectivity index (χ0) is 19.8. The van der Waals surface area contributed by atoms with Crippen LogP contribution in [0.15, 0.2) is 36.4 Å². The van der Waals surface area contributed by atoms with E-state index in [0.29, 0.717) is 11.4 Å². The highest BCUT2D eigenvalue weighted by Crippen LogP contribution is 2.48. The number of nitrogens with one attached hydrogen (secondary N) is 2. The van der Waals surface area contributed by atoms with Crippen molar-refractivity contribution in [2.75, 3.05) is 10.6 Å². The smallest absolute Gasteiger partial charge is 0.412 e. The third-order valence-electron chi connectivity index (χ3n) is 4.47. The van der Waals surface area contributed by atoms with E-state index >= 15 is 0 Å². The van der Waals surface area contributed by atoms with Gasteiger partial charge in [0, 0.05) is 17.3 Å². The summed E-state index contributed by atoms with van der Waals surface area (Å²) in [5, 5.41) is 5.43. The summed E-state index contributed by atoms with van der Waals surface area (Å²) in [7, 11) is 5.23. The van der Waals surface area contributed by atoms with Crippen LogP contribution in [0.1, 0.15) is 51.2 Å². The van der Waals surface area contributed by atoms with Gasteiger partial charge < -0.3 is 10.1 Å². The fourth-order valence-corrected chi connectivity index (χ4v) is 3.52. The average molecular weight is 362 g/mol. The second-order valence-corrected chi connectivity index (χ2v) is 7.68. The number of ether oxygens (including phenoxy) is 1. The zero-order valence-corrected chi connectivity index (χ0v) is 16.1. The fourth-order valence-electron chi connectivity index (χ4n) is 3.52. The number of benzene rings is 2. The average Bonchev–Trinajstić information content (AvgIpc) is 2.84. The minimum Gasteiger partial charge on any atom is -0.444 e. The molecular weight excluding hydrogens is 339 g/mol. The number of carbonyl (C=O) groups is 2.